The molecule has 32 heavy (non-hydrogen) atoms. The number of fused-ring (bicyclic) bond motifs is 1. The van der Waals surface area contributed by atoms with E-state index in [0.29, 0.717) is 10.8 Å². The Morgan fingerprint density at radius 2 is 1.50 bits per heavy atom. The Labute approximate surface area is 192 Å². The molecule has 2 heterocycles. The summed E-state index contributed by atoms with van der Waals surface area (Å²) in [6, 6.07) is 26.4. The molecule has 0 atom stereocenters. The lowest BCUT2D eigenvalue weighted by atomic mass is 10.0. The SMILES string of the molecule is Clc1ccc(-c2nnc(NN=C3CCN(Cc4ccccc4)CC3)c3ccccc23)cc1. The molecule has 1 fully saturated rings. The van der Waals surface area contributed by atoms with Gasteiger partial charge in [0, 0.05) is 59.5 Å². The van der Waals surface area contributed by atoms with Crippen molar-refractivity contribution in [1.29, 1.82) is 0 Å². The molecule has 1 aromatic heterocycles. The number of hydrogen-bond donors (Lipinski definition) is 1. The minimum atomic E-state index is 0.678. The molecular weight excluding hydrogens is 418 g/mol. The number of aromatic nitrogens is 2. The third kappa shape index (κ3) is 4.64. The van der Waals surface area contributed by atoms with E-state index in [9.17, 15) is 0 Å². The number of benzene rings is 3. The van der Waals surface area contributed by atoms with Crippen LogP contribution in [0.4, 0.5) is 5.82 Å². The van der Waals surface area contributed by atoms with Crippen LogP contribution >= 0.6 is 11.6 Å². The van der Waals surface area contributed by atoms with Crippen molar-refractivity contribution in [2.24, 2.45) is 5.10 Å². The van der Waals surface area contributed by atoms with Gasteiger partial charge in [0.2, 0.25) is 0 Å². The molecule has 1 aliphatic heterocycles. The largest absolute Gasteiger partial charge is 0.298 e. The number of rotatable bonds is 5. The fourth-order valence-electron chi connectivity index (χ4n) is 4.06. The second kappa shape index (κ2) is 9.47. The standard InChI is InChI=1S/C26H24ClN5/c27-21-12-10-20(11-13-21)25-23-8-4-5-9-24(23)26(31-29-25)30-28-22-14-16-32(17-15-22)18-19-6-2-1-3-7-19/h1-13H,14-18H2,(H,30,31). The van der Waals surface area contributed by atoms with E-state index in [0.717, 1.165) is 54.5 Å². The van der Waals surface area contributed by atoms with Crippen LogP contribution in [0, 0.1) is 0 Å². The molecule has 1 aliphatic rings. The van der Waals surface area contributed by atoms with Crippen molar-refractivity contribution in [2.45, 2.75) is 19.4 Å². The van der Waals surface area contributed by atoms with E-state index in [1.54, 1.807) is 0 Å². The zero-order valence-corrected chi connectivity index (χ0v) is 18.5. The van der Waals surface area contributed by atoms with Crippen molar-refractivity contribution >= 4 is 33.9 Å². The number of piperidine rings is 1. The zero-order chi connectivity index (χ0) is 21.8. The molecule has 160 valence electrons. The quantitative estimate of drug-likeness (QED) is 0.385. The molecule has 5 rings (SSSR count). The average Bonchev–Trinajstić information content (AvgIpc) is 2.85. The lowest BCUT2D eigenvalue weighted by Gasteiger charge is -2.27. The highest BCUT2D eigenvalue weighted by atomic mass is 35.5. The molecule has 0 bridgehead atoms. The summed E-state index contributed by atoms with van der Waals surface area (Å²) in [5, 5.41) is 16.4. The van der Waals surface area contributed by atoms with Crippen molar-refractivity contribution < 1.29 is 0 Å². The van der Waals surface area contributed by atoms with Gasteiger partial charge in [-0.2, -0.15) is 5.10 Å². The van der Waals surface area contributed by atoms with Gasteiger partial charge in [0.15, 0.2) is 5.82 Å². The maximum absolute atomic E-state index is 6.04. The smallest absolute Gasteiger partial charge is 0.176 e. The first kappa shape index (κ1) is 20.6. The number of likely N-dealkylation sites (tertiary alicyclic amines) is 1. The van der Waals surface area contributed by atoms with E-state index >= 15 is 0 Å². The number of nitrogens with one attached hydrogen (secondary N) is 1. The van der Waals surface area contributed by atoms with Gasteiger partial charge in [0.05, 0.1) is 0 Å². The molecule has 0 unspecified atom stereocenters. The molecule has 5 nitrogen and oxygen atoms in total. The molecule has 0 aliphatic carbocycles. The summed E-state index contributed by atoms with van der Waals surface area (Å²) in [7, 11) is 0. The van der Waals surface area contributed by atoms with Gasteiger partial charge < -0.3 is 0 Å². The number of anilines is 1. The van der Waals surface area contributed by atoms with Gasteiger partial charge in [-0.05, 0) is 17.7 Å². The molecule has 1 N–H and O–H groups in total. The Morgan fingerprint density at radius 1 is 0.812 bits per heavy atom. The topological polar surface area (TPSA) is 53.4 Å². The minimum Gasteiger partial charge on any atom is -0.298 e. The van der Waals surface area contributed by atoms with Crippen molar-refractivity contribution in [3.8, 4) is 11.3 Å². The van der Waals surface area contributed by atoms with Crippen LogP contribution in [0.3, 0.4) is 0 Å². The normalized spacial score (nSPS) is 14.5. The van der Waals surface area contributed by atoms with Gasteiger partial charge in [-0.1, -0.05) is 78.3 Å². The summed E-state index contributed by atoms with van der Waals surface area (Å²) in [4.78, 5) is 2.48. The van der Waals surface area contributed by atoms with E-state index in [2.05, 4.69) is 68.1 Å². The summed E-state index contributed by atoms with van der Waals surface area (Å²) in [6.45, 7) is 3.01. The predicted molar refractivity (Wildman–Crippen MR) is 132 cm³/mol. The van der Waals surface area contributed by atoms with Crippen LogP contribution in [0.25, 0.3) is 22.0 Å². The molecule has 3 aromatic carbocycles. The average molecular weight is 442 g/mol. The van der Waals surface area contributed by atoms with Crippen LogP contribution in [-0.2, 0) is 6.54 Å². The van der Waals surface area contributed by atoms with E-state index in [1.807, 2.05) is 36.4 Å². The van der Waals surface area contributed by atoms with Crippen LogP contribution in [0.2, 0.25) is 5.02 Å². The first-order valence-electron chi connectivity index (χ1n) is 10.9. The van der Waals surface area contributed by atoms with Crippen LogP contribution in [-0.4, -0.2) is 33.9 Å². The summed E-state index contributed by atoms with van der Waals surface area (Å²) in [5.74, 6) is 0.678. The summed E-state index contributed by atoms with van der Waals surface area (Å²) in [5.41, 5.74) is 7.53. The highest BCUT2D eigenvalue weighted by Gasteiger charge is 2.16. The van der Waals surface area contributed by atoms with Gasteiger partial charge in [-0.3, -0.25) is 10.3 Å². The molecule has 4 aromatic rings. The lowest BCUT2D eigenvalue weighted by molar-refractivity contribution is 0.266. The van der Waals surface area contributed by atoms with Gasteiger partial charge in [0.1, 0.15) is 5.69 Å². The van der Waals surface area contributed by atoms with E-state index in [4.69, 9.17) is 11.6 Å². The number of nitrogens with zero attached hydrogens (tertiary/aromatic N) is 4. The minimum absolute atomic E-state index is 0.678. The van der Waals surface area contributed by atoms with Gasteiger partial charge in [0.25, 0.3) is 0 Å². The Balaban J connectivity index is 1.30. The van der Waals surface area contributed by atoms with E-state index in [-0.39, 0.29) is 0 Å². The maximum Gasteiger partial charge on any atom is 0.176 e. The van der Waals surface area contributed by atoms with Crippen LogP contribution in [0.1, 0.15) is 18.4 Å². The third-order valence-corrected chi connectivity index (χ3v) is 6.06. The Hall–Kier alpha value is -3.28. The van der Waals surface area contributed by atoms with Gasteiger partial charge >= 0.3 is 0 Å². The molecule has 0 radical (unpaired) electrons. The van der Waals surface area contributed by atoms with Crippen LogP contribution < -0.4 is 5.43 Å². The molecule has 0 spiro atoms. The highest BCUT2D eigenvalue weighted by Crippen LogP contribution is 2.30. The molecule has 6 heteroatoms. The Morgan fingerprint density at radius 3 is 2.25 bits per heavy atom. The second-order valence-electron chi connectivity index (χ2n) is 8.00. The summed E-state index contributed by atoms with van der Waals surface area (Å²) >= 11 is 6.04. The molecular formula is C26H24ClN5. The van der Waals surface area contributed by atoms with Crippen LogP contribution in [0.5, 0.6) is 0 Å². The van der Waals surface area contributed by atoms with Crippen LogP contribution in [0.15, 0.2) is 84.0 Å². The molecule has 0 amide bonds. The fraction of sp³-hybridized carbons (Fsp3) is 0.192. The summed E-state index contributed by atoms with van der Waals surface area (Å²) in [6.07, 6.45) is 1.90. The summed E-state index contributed by atoms with van der Waals surface area (Å²) < 4.78 is 0. The second-order valence-corrected chi connectivity index (χ2v) is 8.44. The first-order valence-corrected chi connectivity index (χ1v) is 11.2. The Kier molecular flexibility index (Phi) is 6.10. The number of hydrogen-bond acceptors (Lipinski definition) is 5. The monoisotopic (exact) mass is 441 g/mol. The predicted octanol–water partition coefficient (Wildman–Crippen LogP) is 6.01. The van der Waals surface area contributed by atoms with E-state index < -0.39 is 0 Å². The third-order valence-electron chi connectivity index (χ3n) is 5.81. The first-order chi connectivity index (χ1) is 15.8. The maximum atomic E-state index is 6.04. The zero-order valence-electron chi connectivity index (χ0n) is 17.7. The van der Waals surface area contributed by atoms with Crippen molar-refractivity contribution in [1.82, 2.24) is 15.1 Å². The molecule has 1 saturated heterocycles. The van der Waals surface area contributed by atoms with E-state index in [1.165, 1.54) is 11.3 Å². The highest BCUT2D eigenvalue weighted by molar-refractivity contribution is 6.30. The lowest BCUT2D eigenvalue weighted by Crippen LogP contribution is -2.33. The number of halogens is 1. The fourth-order valence-corrected chi connectivity index (χ4v) is 4.19. The van der Waals surface area contributed by atoms with Gasteiger partial charge in [-0.25, -0.2) is 0 Å². The van der Waals surface area contributed by atoms with Crippen molar-refractivity contribution in [3.05, 3.63) is 89.4 Å². The molecule has 0 saturated carbocycles. The van der Waals surface area contributed by atoms with Gasteiger partial charge in [-0.15, -0.1) is 10.2 Å². The van der Waals surface area contributed by atoms with Crippen molar-refractivity contribution in [3.63, 3.8) is 0 Å². The number of hydrazone groups is 1. The van der Waals surface area contributed by atoms with Crippen molar-refractivity contribution in [2.75, 3.05) is 18.5 Å². The Bertz CT molecular complexity index is 1230.